The van der Waals surface area contributed by atoms with Crippen LogP contribution in [0.1, 0.15) is 12.8 Å². The molecule has 0 aliphatic heterocycles. The van der Waals surface area contributed by atoms with Gasteiger partial charge in [-0.25, -0.2) is 29.5 Å². The molecule has 13 heteroatoms. The van der Waals surface area contributed by atoms with Crippen molar-refractivity contribution in [2.75, 3.05) is 48.4 Å². The van der Waals surface area contributed by atoms with Crippen molar-refractivity contribution in [3.63, 3.8) is 0 Å². The van der Waals surface area contributed by atoms with E-state index in [1.165, 1.54) is 0 Å². The SMILES string of the molecule is Nc1ccc2ccc(NC(=O)OCCCNCCCOC(=O)Nc3ccc4ccc(N)nc4n3)nc2n1. The Morgan fingerprint density at radius 2 is 1.08 bits per heavy atom. The number of rotatable bonds is 10. The van der Waals surface area contributed by atoms with Crippen molar-refractivity contribution in [3.8, 4) is 0 Å². The summed E-state index contributed by atoms with van der Waals surface area (Å²) in [4.78, 5) is 40.7. The number of nitrogens with one attached hydrogen (secondary N) is 3. The molecule has 0 fully saturated rings. The zero-order valence-corrected chi connectivity index (χ0v) is 19.9. The number of nitrogens with zero attached hydrogens (tertiary/aromatic N) is 4. The summed E-state index contributed by atoms with van der Waals surface area (Å²) in [6.45, 7) is 1.73. The fraction of sp³-hybridized carbons (Fsp3) is 0.250. The van der Waals surface area contributed by atoms with Crippen molar-refractivity contribution in [1.29, 1.82) is 0 Å². The molecule has 4 aromatic rings. The predicted octanol–water partition coefficient (Wildman–Crippen LogP) is 2.90. The number of pyridine rings is 4. The van der Waals surface area contributed by atoms with Crippen molar-refractivity contribution in [2.24, 2.45) is 0 Å². The van der Waals surface area contributed by atoms with Gasteiger partial charge in [0.25, 0.3) is 0 Å². The number of carbonyl (C=O) groups is 2. The van der Waals surface area contributed by atoms with Gasteiger partial charge in [-0.05, 0) is 74.5 Å². The number of anilines is 4. The molecule has 0 radical (unpaired) electrons. The molecule has 0 atom stereocenters. The van der Waals surface area contributed by atoms with Gasteiger partial charge in [0.2, 0.25) is 0 Å². The molecule has 192 valence electrons. The lowest BCUT2D eigenvalue weighted by molar-refractivity contribution is 0.158. The predicted molar refractivity (Wildman–Crippen MR) is 140 cm³/mol. The maximum atomic E-state index is 12.0. The van der Waals surface area contributed by atoms with Crippen LogP contribution in [0.25, 0.3) is 22.1 Å². The summed E-state index contributed by atoms with van der Waals surface area (Å²) in [5.41, 5.74) is 12.2. The van der Waals surface area contributed by atoms with E-state index in [9.17, 15) is 9.59 Å². The summed E-state index contributed by atoms with van der Waals surface area (Å²) >= 11 is 0. The number of hydrogen-bond donors (Lipinski definition) is 5. The molecule has 0 aromatic carbocycles. The zero-order valence-electron chi connectivity index (χ0n) is 19.9. The maximum Gasteiger partial charge on any atom is 0.412 e. The smallest absolute Gasteiger partial charge is 0.412 e. The van der Waals surface area contributed by atoms with Crippen LogP contribution in [0.2, 0.25) is 0 Å². The van der Waals surface area contributed by atoms with Crippen LogP contribution in [-0.2, 0) is 9.47 Å². The van der Waals surface area contributed by atoms with E-state index in [4.69, 9.17) is 20.9 Å². The van der Waals surface area contributed by atoms with E-state index < -0.39 is 12.2 Å². The molecule has 0 aliphatic carbocycles. The molecular weight excluding hydrogens is 478 g/mol. The molecule has 0 unspecified atom stereocenters. The van der Waals surface area contributed by atoms with Crippen LogP contribution in [0.5, 0.6) is 0 Å². The van der Waals surface area contributed by atoms with Gasteiger partial charge in [0.15, 0.2) is 11.3 Å². The van der Waals surface area contributed by atoms with Gasteiger partial charge in [-0.2, -0.15) is 0 Å². The van der Waals surface area contributed by atoms with E-state index in [1.54, 1.807) is 48.5 Å². The molecule has 0 bridgehead atoms. The Morgan fingerprint density at radius 3 is 1.54 bits per heavy atom. The third-order valence-electron chi connectivity index (χ3n) is 5.07. The van der Waals surface area contributed by atoms with Gasteiger partial charge >= 0.3 is 12.2 Å². The number of aromatic nitrogens is 4. The lowest BCUT2D eigenvalue weighted by atomic mass is 10.3. The second-order valence-electron chi connectivity index (χ2n) is 7.94. The van der Waals surface area contributed by atoms with E-state index in [-0.39, 0.29) is 13.2 Å². The summed E-state index contributed by atoms with van der Waals surface area (Å²) < 4.78 is 10.3. The average Bonchev–Trinajstić information content (AvgIpc) is 2.87. The Balaban J connectivity index is 1.04. The van der Waals surface area contributed by atoms with Crippen LogP contribution in [-0.4, -0.2) is 58.4 Å². The lowest BCUT2D eigenvalue weighted by Crippen LogP contribution is -2.22. The highest BCUT2D eigenvalue weighted by molar-refractivity contribution is 5.87. The number of carbonyl (C=O) groups excluding carboxylic acids is 2. The third kappa shape index (κ3) is 7.60. The highest BCUT2D eigenvalue weighted by Crippen LogP contribution is 2.16. The number of amides is 2. The van der Waals surface area contributed by atoms with E-state index in [1.807, 2.05) is 0 Å². The van der Waals surface area contributed by atoms with Crippen LogP contribution in [0.3, 0.4) is 0 Å². The molecule has 0 saturated carbocycles. The Labute approximate surface area is 212 Å². The first-order valence-electron chi connectivity index (χ1n) is 11.6. The van der Waals surface area contributed by atoms with Gasteiger partial charge in [-0.1, -0.05) is 0 Å². The van der Waals surface area contributed by atoms with Gasteiger partial charge in [0, 0.05) is 10.8 Å². The maximum absolute atomic E-state index is 12.0. The number of fused-ring (bicyclic) bond motifs is 2. The first kappa shape index (κ1) is 25.3. The Morgan fingerprint density at radius 1 is 0.649 bits per heavy atom. The van der Waals surface area contributed by atoms with Crippen molar-refractivity contribution in [1.82, 2.24) is 25.3 Å². The van der Waals surface area contributed by atoms with E-state index >= 15 is 0 Å². The monoisotopic (exact) mass is 505 g/mol. The molecule has 0 aliphatic rings. The fourth-order valence-electron chi connectivity index (χ4n) is 3.30. The standard InChI is InChI=1S/C24H27N9O4/c25-17-7-3-15-5-9-19(30-21(15)28-17)32-23(34)36-13-1-11-27-12-2-14-37-24(35)33-20-10-6-16-4-8-18(26)29-22(16)31-20/h3-10,27H,1-2,11-14H2,(H3,25,28,30,32,34)(H3,26,29,31,33,35). The largest absolute Gasteiger partial charge is 0.449 e. The summed E-state index contributed by atoms with van der Waals surface area (Å²) in [7, 11) is 0. The van der Waals surface area contributed by atoms with Crippen molar-refractivity contribution < 1.29 is 19.1 Å². The van der Waals surface area contributed by atoms with Gasteiger partial charge < -0.3 is 26.3 Å². The topological polar surface area (TPSA) is 192 Å². The molecule has 2 amide bonds. The summed E-state index contributed by atoms with van der Waals surface area (Å²) in [5, 5.41) is 9.97. The quantitative estimate of drug-likeness (QED) is 0.199. The third-order valence-corrected chi connectivity index (χ3v) is 5.07. The molecule has 0 spiro atoms. The van der Waals surface area contributed by atoms with Crippen LogP contribution in [0, 0.1) is 0 Å². The second kappa shape index (κ2) is 12.3. The van der Waals surface area contributed by atoms with Gasteiger partial charge in [0.1, 0.15) is 23.3 Å². The van der Waals surface area contributed by atoms with Gasteiger partial charge in [0.05, 0.1) is 13.2 Å². The molecule has 4 aromatic heterocycles. The van der Waals surface area contributed by atoms with Crippen LogP contribution >= 0.6 is 0 Å². The Hall–Kier alpha value is -4.78. The minimum Gasteiger partial charge on any atom is -0.449 e. The lowest BCUT2D eigenvalue weighted by Gasteiger charge is -2.09. The summed E-state index contributed by atoms with van der Waals surface area (Å²) in [6, 6.07) is 13.9. The molecule has 4 heterocycles. The van der Waals surface area contributed by atoms with Gasteiger partial charge in [-0.15, -0.1) is 0 Å². The molecular formula is C24H27N9O4. The fourth-order valence-corrected chi connectivity index (χ4v) is 3.30. The number of nitrogen functional groups attached to an aromatic ring is 2. The first-order chi connectivity index (χ1) is 18.0. The van der Waals surface area contributed by atoms with Crippen molar-refractivity contribution >= 4 is 57.5 Å². The van der Waals surface area contributed by atoms with Crippen molar-refractivity contribution in [2.45, 2.75) is 12.8 Å². The molecule has 37 heavy (non-hydrogen) atoms. The van der Waals surface area contributed by atoms with Crippen LogP contribution in [0.4, 0.5) is 32.9 Å². The van der Waals surface area contributed by atoms with Crippen LogP contribution < -0.4 is 27.4 Å². The minimum absolute atomic E-state index is 0.232. The van der Waals surface area contributed by atoms with Gasteiger partial charge in [-0.3, -0.25) is 10.6 Å². The molecule has 13 nitrogen and oxygen atoms in total. The summed E-state index contributed by atoms with van der Waals surface area (Å²) in [6.07, 6.45) is 0.0274. The van der Waals surface area contributed by atoms with E-state index in [2.05, 4.69) is 35.9 Å². The number of ether oxygens (including phenoxy) is 2. The number of hydrogen-bond acceptors (Lipinski definition) is 11. The van der Waals surface area contributed by atoms with E-state index in [0.717, 1.165) is 10.8 Å². The highest BCUT2D eigenvalue weighted by Gasteiger charge is 2.07. The minimum atomic E-state index is -0.602. The average molecular weight is 506 g/mol. The number of nitrogens with two attached hydrogens (primary N) is 2. The first-order valence-corrected chi connectivity index (χ1v) is 11.6. The van der Waals surface area contributed by atoms with E-state index in [0.29, 0.717) is 60.5 Å². The Bertz CT molecular complexity index is 1290. The normalized spacial score (nSPS) is 10.8. The molecule has 0 saturated heterocycles. The van der Waals surface area contributed by atoms with Crippen molar-refractivity contribution in [3.05, 3.63) is 48.5 Å². The zero-order chi connectivity index (χ0) is 26.0. The highest BCUT2D eigenvalue weighted by atomic mass is 16.6. The summed E-state index contributed by atoms with van der Waals surface area (Å²) in [5.74, 6) is 1.36. The molecule has 4 rings (SSSR count). The Kier molecular flexibility index (Phi) is 8.39. The second-order valence-corrected chi connectivity index (χ2v) is 7.94. The molecule has 7 N–H and O–H groups in total. The van der Waals surface area contributed by atoms with Crippen LogP contribution in [0.15, 0.2) is 48.5 Å².